The summed E-state index contributed by atoms with van der Waals surface area (Å²) in [7, 11) is 0. The second-order valence-electron chi connectivity index (χ2n) is 10.3. The van der Waals surface area contributed by atoms with Crippen LogP contribution in [0.2, 0.25) is 0 Å². The average molecular weight is 602 g/mol. The van der Waals surface area contributed by atoms with E-state index in [0.717, 1.165) is 33.4 Å². The van der Waals surface area contributed by atoms with E-state index in [1.165, 1.54) is 6.26 Å². The number of oxazole rings is 3. The minimum absolute atomic E-state index is 0.0400. The van der Waals surface area contributed by atoms with Crippen molar-refractivity contribution in [2.24, 2.45) is 0 Å². The first kappa shape index (κ1) is 29.3. The molecule has 0 fully saturated rings. The Morgan fingerprint density at radius 2 is 1.33 bits per heavy atom. The van der Waals surface area contributed by atoms with Crippen LogP contribution < -0.4 is 10.5 Å². The minimum Gasteiger partial charge on any atom is -0.492 e. The summed E-state index contributed by atoms with van der Waals surface area (Å²) in [4.78, 5) is 21.3. The van der Waals surface area contributed by atoms with Gasteiger partial charge in [0.2, 0.25) is 17.7 Å². The highest BCUT2D eigenvalue weighted by molar-refractivity contribution is 5.66. The summed E-state index contributed by atoms with van der Waals surface area (Å²) in [6, 6.07) is 27.5. The van der Waals surface area contributed by atoms with Gasteiger partial charge >= 0.3 is 5.76 Å². The summed E-state index contributed by atoms with van der Waals surface area (Å²) in [5, 5.41) is 10.7. The van der Waals surface area contributed by atoms with Gasteiger partial charge in [-0.1, -0.05) is 72.8 Å². The highest BCUT2D eigenvalue weighted by atomic mass is 16.5. The molecule has 0 saturated heterocycles. The molecule has 0 radical (unpaired) electrons. The van der Waals surface area contributed by atoms with Crippen molar-refractivity contribution in [1.82, 2.24) is 14.5 Å². The molecule has 0 unspecified atom stereocenters. The first-order valence-electron chi connectivity index (χ1n) is 14.6. The van der Waals surface area contributed by atoms with Crippen LogP contribution in [0.4, 0.5) is 0 Å². The van der Waals surface area contributed by atoms with E-state index in [1.807, 2.05) is 103 Å². The summed E-state index contributed by atoms with van der Waals surface area (Å²) < 4.78 is 23.4. The van der Waals surface area contributed by atoms with Crippen LogP contribution >= 0.6 is 0 Å². The second-order valence-corrected chi connectivity index (χ2v) is 10.3. The lowest BCUT2D eigenvalue weighted by Crippen LogP contribution is -2.14. The Balaban J connectivity index is 0.964. The van der Waals surface area contributed by atoms with E-state index in [4.69, 9.17) is 18.0 Å². The summed E-state index contributed by atoms with van der Waals surface area (Å²) in [6.07, 6.45) is 12.3. The predicted octanol–water partition coefficient (Wildman–Crippen LogP) is 7.27. The van der Waals surface area contributed by atoms with Crippen molar-refractivity contribution in [3.8, 4) is 11.6 Å². The van der Waals surface area contributed by atoms with Gasteiger partial charge in [0, 0.05) is 18.6 Å². The lowest BCUT2D eigenvalue weighted by atomic mass is 10.1. The normalized spacial score (nSPS) is 11.6. The van der Waals surface area contributed by atoms with Crippen LogP contribution in [0.1, 0.15) is 52.0 Å². The number of hydrogen-bond acceptors (Lipinski definition) is 8. The van der Waals surface area contributed by atoms with Crippen molar-refractivity contribution < 1.29 is 23.1 Å². The first-order chi connectivity index (χ1) is 22.1. The Hall–Kier alpha value is -5.83. The van der Waals surface area contributed by atoms with E-state index >= 15 is 0 Å². The van der Waals surface area contributed by atoms with Gasteiger partial charge in [-0.2, -0.15) is 0 Å². The van der Waals surface area contributed by atoms with Crippen molar-refractivity contribution >= 4 is 24.3 Å². The Labute approximate surface area is 259 Å². The Morgan fingerprint density at radius 1 is 0.733 bits per heavy atom. The van der Waals surface area contributed by atoms with E-state index < -0.39 is 5.76 Å². The third-order valence-electron chi connectivity index (χ3n) is 7.01. The fourth-order valence-corrected chi connectivity index (χ4v) is 4.67. The third kappa shape index (κ3) is 7.97. The van der Waals surface area contributed by atoms with E-state index in [-0.39, 0.29) is 24.8 Å². The number of aromatic nitrogens is 3. The maximum absolute atomic E-state index is 12.4. The largest absolute Gasteiger partial charge is 0.492 e. The van der Waals surface area contributed by atoms with Crippen molar-refractivity contribution in [3.05, 3.63) is 154 Å². The van der Waals surface area contributed by atoms with Crippen LogP contribution in [0.3, 0.4) is 0 Å². The molecule has 0 spiro atoms. The summed E-state index contributed by atoms with van der Waals surface area (Å²) in [5.74, 6) is 1.05. The molecule has 0 bridgehead atoms. The number of aromatic hydroxyl groups is 1. The number of hydrogen-bond donors (Lipinski definition) is 1. The van der Waals surface area contributed by atoms with Crippen LogP contribution in [0.5, 0.6) is 11.6 Å². The molecule has 0 saturated carbocycles. The van der Waals surface area contributed by atoms with Crippen LogP contribution in [0.15, 0.2) is 116 Å². The molecule has 9 nitrogen and oxygen atoms in total. The number of benzene rings is 3. The van der Waals surface area contributed by atoms with Crippen molar-refractivity contribution in [3.63, 3.8) is 0 Å². The second kappa shape index (κ2) is 14.1. The van der Waals surface area contributed by atoms with E-state index in [1.54, 1.807) is 12.3 Å². The molecule has 6 rings (SSSR count). The molecule has 0 aliphatic carbocycles. The van der Waals surface area contributed by atoms with Gasteiger partial charge in [0.25, 0.3) is 0 Å². The topological polar surface area (TPSA) is 117 Å². The maximum atomic E-state index is 12.4. The molecule has 45 heavy (non-hydrogen) atoms. The molecule has 0 atom stereocenters. The molecular formula is C36H31N3O6. The monoisotopic (exact) mass is 601 g/mol. The Kier molecular flexibility index (Phi) is 9.16. The molecule has 9 heteroatoms. The summed E-state index contributed by atoms with van der Waals surface area (Å²) in [6.45, 7) is 0.329. The van der Waals surface area contributed by atoms with Crippen molar-refractivity contribution in [1.29, 1.82) is 0 Å². The standard InChI is InChI=1S/C36H31N3O6/c40-35-32(45-36(41)39(35)22-29-23-43-33(37-29)20-16-26-8-3-1-4-9-26)13-7-12-28-14-18-31(19-15-28)42-24-30-25-44-34(38-30)21-17-27-10-5-2-6-11-27/h1-6,8-11,14-21,23,25,40H,7,12-13,22,24H2. The highest BCUT2D eigenvalue weighted by Crippen LogP contribution is 2.21. The van der Waals surface area contributed by atoms with Gasteiger partial charge in [-0.3, -0.25) is 0 Å². The fourth-order valence-electron chi connectivity index (χ4n) is 4.67. The lowest BCUT2D eigenvalue weighted by Gasteiger charge is -2.06. The van der Waals surface area contributed by atoms with E-state index in [0.29, 0.717) is 36.0 Å². The molecule has 1 N–H and O–H groups in total. The van der Waals surface area contributed by atoms with E-state index in [2.05, 4.69) is 9.97 Å². The smallest absolute Gasteiger partial charge is 0.422 e. The molecule has 226 valence electrons. The van der Waals surface area contributed by atoms with Crippen LogP contribution in [-0.2, 0) is 26.0 Å². The Bertz CT molecular complexity index is 1930. The van der Waals surface area contributed by atoms with Crippen LogP contribution in [-0.4, -0.2) is 19.6 Å². The van der Waals surface area contributed by atoms with Gasteiger partial charge in [-0.25, -0.2) is 19.3 Å². The molecule has 6 aromatic rings. The van der Waals surface area contributed by atoms with E-state index in [9.17, 15) is 9.90 Å². The first-order valence-corrected chi connectivity index (χ1v) is 14.6. The molecule has 3 aromatic heterocycles. The third-order valence-corrected chi connectivity index (χ3v) is 7.01. The van der Waals surface area contributed by atoms with Crippen LogP contribution in [0.25, 0.3) is 24.3 Å². The quantitative estimate of drug-likeness (QED) is 0.147. The molecule has 0 amide bonds. The van der Waals surface area contributed by atoms with Gasteiger partial charge in [0.15, 0.2) is 5.76 Å². The summed E-state index contributed by atoms with van der Waals surface area (Å²) >= 11 is 0. The Morgan fingerprint density at radius 3 is 1.98 bits per heavy atom. The van der Waals surface area contributed by atoms with Gasteiger partial charge in [-0.15, -0.1) is 0 Å². The summed E-state index contributed by atoms with van der Waals surface area (Å²) in [5.41, 5.74) is 4.37. The number of aryl methyl sites for hydroxylation is 2. The van der Waals surface area contributed by atoms with Gasteiger partial charge in [0.05, 0.1) is 12.2 Å². The van der Waals surface area contributed by atoms with Gasteiger partial charge < -0.3 is 23.1 Å². The molecule has 0 aliphatic rings. The lowest BCUT2D eigenvalue weighted by molar-refractivity contribution is 0.301. The highest BCUT2D eigenvalue weighted by Gasteiger charge is 2.17. The maximum Gasteiger partial charge on any atom is 0.422 e. The van der Waals surface area contributed by atoms with Crippen molar-refractivity contribution in [2.45, 2.75) is 32.4 Å². The average Bonchev–Trinajstić information content (AvgIpc) is 3.80. The zero-order chi connectivity index (χ0) is 30.8. The van der Waals surface area contributed by atoms with Gasteiger partial charge in [0.1, 0.15) is 30.6 Å². The fraction of sp³-hybridized carbons (Fsp3) is 0.139. The zero-order valence-electron chi connectivity index (χ0n) is 24.4. The SMILES string of the molecule is O=c1oc(CCCc2ccc(OCc3coc(C=Cc4ccccc4)n3)cc2)c(O)n1Cc1coc(C=Cc2ccccc2)n1. The molecule has 3 aromatic carbocycles. The molecular weight excluding hydrogens is 570 g/mol. The van der Waals surface area contributed by atoms with Crippen LogP contribution in [0, 0.1) is 0 Å². The number of nitrogens with zero attached hydrogens (tertiary/aromatic N) is 3. The number of rotatable bonds is 13. The van der Waals surface area contributed by atoms with Gasteiger partial charge in [-0.05, 0) is 53.8 Å². The van der Waals surface area contributed by atoms with Crippen molar-refractivity contribution in [2.75, 3.05) is 0 Å². The zero-order valence-corrected chi connectivity index (χ0v) is 24.4. The molecule has 3 heterocycles. The predicted molar refractivity (Wildman–Crippen MR) is 170 cm³/mol. The number of ether oxygens (including phenoxy) is 1. The molecule has 0 aliphatic heterocycles. The minimum atomic E-state index is -0.639.